The highest BCUT2D eigenvalue weighted by atomic mass is 35.5. The molecule has 3 nitrogen and oxygen atoms in total. The summed E-state index contributed by atoms with van der Waals surface area (Å²) in [5.74, 6) is 0.996. The Balaban J connectivity index is 2.27. The number of benzene rings is 1. The molecule has 0 bridgehead atoms. The third kappa shape index (κ3) is 6.93. The van der Waals surface area contributed by atoms with Crippen LogP contribution >= 0.6 is 23.4 Å². The van der Waals surface area contributed by atoms with E-state index < -0.39 is 0 Å². The van der Waals surface area contributed by atoms with Crippen LogP contribution in [0.5, 0.6) is 0 Å². The Labute approximate surface area is 142 Å². The number of unbranched alkanes of at least 4 members (excludes halogenated alkanes) is 1. The zero-order valence-electron chi connectivity index (χ0n) is 13.4. The minimum Gasteiger partial charge on any atom is -0.465 e. The predicted octanol–water partition coefficient (Wildman–Crippen LogP) is 5.16. The van der Waals surface area contributed by atoms with E-state index >= 15 is 0 Å². The molecule has 0 saturated heterocycles. The predicted molar refractivity (Wildman–Crippen MR) is 95.5 cm³/mol. The van der Waals surface area contributed by atoms with Crippen LogP contribution in [0.15, 0.2) is 23.1 Å². The third-order valence-electron chi connectivity index (χ3n) is 3.58. The van der Waals surface area contributed by atoms with Crippen molar-refractivity contribution in [2.45, 2.75) is 50.8 Å². The number of ether oxygens (including phenoxy) is 1. The molecule has 2 N–H and O–H groups in total. The summed E-state index contributed by atoms with van der Waals surface area (Å²) in [6.45, 7) is 4.86. The topological polar surface area (TPSA) is 52.3 Å². The molecule has 0 amide bonds. The number of rotatable bonds is 10. The number of anilines is 1. The number of hydrogen-bond donors (Lipinski definition) is 1. The first-order valence-electron chi connectivity index (χ1n) is 7.90. The molecule has 22 heavy (non-hydrogen) atoms. The zero-order chi connectivity index (χ0) is 16.4. The molecule has 0 aliphatic heterocycles. The van der Waals surface area contributed by atoms with Crippen LogP contribution in [0.1, 0.15) is 46.0 Å². The second-order valence-electron chi connectivity index (χ2n) is 5.36. The van der Waals surface area contributed by atoms with Crippen molar-refractivity contribution in [2.75, 3.05) is 18.1 Å². The van der Waals surface area contributed by atoms with E-state index in [0.717, 1.165) is 17.7 Å². The van der Waals surface area contributed by atoms with Gasteiger partial charge in [-0.2, -0.15) is 0 Å². The van der Waals surface area contributed by atoms with E-state index in [2.05, 4.69) is 13.8 Å². The maximum atomic E-state index is 11.8. The number of hydrogen-bond acceptors (Lipinski definition) is 4. The zero-order valence-corrected chi connectivity index (χ0v) is 15.0. The summed E-state index contributed by atoms with van der Waals surface area (Å²) >= 11 is 7.65. The molecule has 0 saturated carbocycles. The lowest BCUT2D eigenvalue weighted by molar-refractivity contribution is -0.144. The SMILES string of the molecule is CCCCC(CC)COC(=O)CCSc1cccc(N)c1Cl. The monoisotopic (exact) mass is 343 g/mol. The number of carbonyl (C=O) groups excluding carboxylic acids is 1. The van der Waals surface area contributed by atoms with Crippen molar-refractivity contribution in [3.8, 4) is 0 Å². The van der Waals surface area contributed by atoms with Gasteiger partial charge in [0.2, 0.25) is 0 Å². The van der Waals surface area contributed by atoms with Crippen LogP contribution in [0.4, 0.5) is 5.69 Å². The molecule has 1 unspecified atom stereocenters. The van der Waals surface area contributed by atoms with Gasteiger partial charge < -0.3 is 10.5 Å². The van der Waals surface area contributed by atoms with Crippen LogP contribution in [0.2, 0.25) is 5.02 Å². The molecule has 1 aromatic carbocycles. The standard InChI is InChI=1S/C17H26ClNO2S/c1-3-5-7-13(4-2)12-21-16(20)10-11-22-15-9-6-8-14(19)17(15)18/h6,8-9,13H,3-5,7,10-12,19H2,1-2H3. The molecule has 5 heteroatoms. The molecule has 0 heterocycles. The summed E-state index contributed by atoms with van der Waals surface area (Å²) in [6.07, 6.45) is 4.96. The summed E-state index contributed by atoms with van der Waals surface area (Å²) in [6, 6.07) is 5.54. The fourth-order valence-electron chi connectivity index (χ4n) is 2.06. The van der Waals surface area contributed by atoms with E-state index in [9.17, 15) is 4.79 Å². The first-order chi connectivity index (χ1) is 10.6. The Hall–Kier alpha value is -0.870. The molecule has 0 aromatic heterocycles. The average molecular weight is 344 g/mol. The molecular weight excluding hydrogens is 318 g/mol. The summed E-state index contributed by atoms with van der Waals surface area (Å²) in [4.78, 5) is 12.7. The van der Waals surface area contributed by atoms with Gasteiger partial charge in [0.05, 0.1) is 23.7 Å². The largest absolute Gasteiger partial charge is 0.465 e. The fourth-order valence-corrected chi connectivity index (χ4v) is 3.26. The number of thioether (sulfide) groups is 1. The minimum atomic E-state index is -0.137. The first-order valence-corrected chi connectivity index (χ1v) is 9.27. The number of esters is 1. The summed E-state index contributed by atoms with van der Waals surface area (Å²) in [5.41, 5.74) is 6.32. The maximum Gasteiger partial charge on any atom is 0.306 e. The molecule has 1 aromatic rings. The second kappa shape index (κ2) is 10.8. The molecule has 1 atom stereocenters. The lowest BCUT2D eigenvalue weighted by atomic mass is 10.0. The van der Waals surface area contributed by atoms with Crippen molar-refractivity contribution < 1.29 is 9.53 Å². The first kappa shape index (κ1) is 19.2. The Kier molecular flexibility index (Phi) is 9.41. The van der Waals surface area contributed by atoms with E-state index in [1.54, 1.807) is 6.07 Å². The molecule has 0 fully saturated rings. The highest BCUT2D eigenvalue weighted by Gasteiger charge is 2.11. The van der Waals surface area contributed by atoms with Crippen molar-refractivity contribution in [1.29, 1.82) is 0 Å². The van der Waals surface area contributed by atoms with Gasteiger partial charge in [0.1, 0.15) is 0 Å². The lowest BCUT2D eigenvalue weighted by Gasteiger charge is -2.14. The van der Waals surface area contributed by atoms with Crippen molar-refractivity contribution in [1.82, 2.24) is 0 Å². The number of nitrogen functional groups attached to an aromatic ring is 1. The quantitative estimate of drug-likeness (QED) is 0.362. The Bertz CT molecular complexity index is 468. The van der Waals surface area contributed by atoms with Gasteiger partial charge in [-0.15, -0.1) is 11.8 Å². The van der Waals surface area contributed by atoms with Crippen LogP contribution in [0.3, 0.4) is 0 Å². The van der Waals surface area contributed by atoms with Gasteiger partial charge in [-0.25, -0.2) is 0 Å². The number of carbonyl (C=O) groups is 1. The van der Waals surface area contributed by atoms with Crippen molar-refractivity contribution in [2.24, 2.45) is 5.92 Å². The highest BCUT2D eigenvalue weighted by Crippen LogP contribution is 2.31. The lowest BCUT2D eigenvalue weighted by Crippen LogP contribution is -2.14. The van der Waals surface area contributed by atoms with E-state index in [1.165, 1.54) is 24.6 Å². The van der Waals surface area contributed by atoms with Crippen molar-refractivity contribution >= 4 is 35.0 Å². The van der Waals surface area contributed by atoms with E-state index in [-0.39, 0.29) is 5.97 Å². The van der Waals surface area contributed by atoms with E-state index in [0.29, 0.717) is 35.4 Å². The van der Waals surface area contributed by atoms with Crippen molar-refractivity contribution in [3.05, 3.63) is 23.2 Å². The van der Waals surface area contributed by atoms with Crippen molar-refractivity contribution in [3.63, 3.8) is 0 Å². The normalized spacial score (nSPS) is 12.1. The van der Waals surface area contributed by atoms with Gasteiger partial charge in [-0.05, 0) is 24.5 Å². The minimum absolute atomic E-state index is 0.137. The number of halogens is 1. The smallest absolute Gasteiger partial charge is 0.306 e. The van der Waals surface area contributed by atoms with Crippen LogP contribution in [0.25, 0.3) is 0 Å². The van der Waals surface area contributed by atoms with Gasteiger partial charge in [-0.3, -0.25) is 4.79 Å². The average Bonchev–Trinajstić information content (AvgIpc) is 2.51. The molecule has 124 valence electrons. The Morgan fingerprint density at radius 1 is 1.41 bits per heavy atom. The molecule has 0 radical (unpaired) electrons. The molecular formula is C17H26ClNO2S. The molecule has 0 spiro atoms. The van der Waals surface area contributed by atoms with Crippen LogP contribution in [-0.4, -0.2) is 18.3 Å². The highest BCUT2D eigenvalue weighted by molar-refractivity contribution is 7.99. The second-order valence-corrected chi connectivity index (χ2v) is 6.87. The van der Waals surface area contributed by atoms with Gasteiger partial charge in [0, 0.05) is 10.6 Å². The molecule has 0 aliphatic carbocycles. The summed E-state index contributed by atoms with van der Waals surface area (Å²) in [5, 5.41) is 0.562. The summed E-state index contributed by atoms with van der Waals surface area (Å²) < 4.78 is 5.37. The van der Waals surface area contributed by atoms with Crippen LogP contribution in [-0.2, 0) is 9.53 Å². The Morgan fingerprint density at radius 3 is 2.86 bits per heavy atom. The Morgan fingerprint density at radius 2 is 2.18 bits per heavy atom. The van der Waals surface area contributed by atoms with E-state index in [4.69, 9.17) is 22.1 Å². The fraction of sp³-hybridized carbons (Fsp3) is 0.588. The molecule has 1 rings (SSSR count). The third-order valence-corrected chi connectivity index (χ3v) is 5.17. The van der Waals surface area contributed by atoms with Gasteiger partial charge in [-0.1, -0.05) is 50.8 Å². The van der Waals surface area contributed by atoms with Crippen LogP contribution in [0, 0.1) is 5.92 Å². The van der Waals surface area contributed by atoms with Gasteiger partial charge >= 0.3 is 5.97 Å². The van der Waals surface area contributed by atoms with Gasteiger partial charge in [0.15, 0.2) is 0 Å². The maximum absolute atomic E-state index is 11.8. The van der Waals surface area contributed by atoms with Gasteiger partial charge in [0.25, 0.3) is 0 Å². The summed E-state index contributed by atoms with van der Waals surface area (Å²) in [7, 11) is 0. The van der Waals surface area contributed by atoms with Crippen LogP contribution < -0.4 is 5.73 Å². The number of nitrogens with two attached hydrogens (primary N) is 1. The molecule has 0 aliphatic rings. The van der Waals surface area contributed by atoms with E-state index in [1.807, 2.05) is 12.1 Å².